The molecule has 1 aromatic carbocycles. The van der Waals surface area contributed by atoms with Crippen LogP contribution in [0.4, 0.5) is 17.3 Å². The van der Waals surface area contributed by atoms with E-state index in [-0.39, 0.29) is 0 Å². The summed E-state index contributed by atoms with van der Waals surface area (Å²) in [5.41, 5.74) is 9.69. The molecule has 1 heterocycles. The maximum absolute atomic E-state index is 5.83. The molecule has 0 saturated heterocycles. The van der Waals surface area contributed by atoms with E-state index in [9.17, 15) is 0 Å². The summed E-state index contributed by atoms with van der Waals surface area (Å²) in [5.74, 6) is 6.21. The first-order chi connectivity index (χ1) is 8.70. The summed E-state index contributed by atoms with van der Waals surface area (Å²) in [6, 6.07) is 7.51. The van der Waals surface area contributed by atoms with Crippen molar-refractivity contribution in [1.82, 2.24) is 9.97 Å². The van der Waals surface area contributed by atoms with Crippen LogP contribution in [0.2, 0.25) is 5.02 Å². The number of hydrazine groups is 1. The molecule has 7 heteroatoms. The van der Waals surface area contributed by atoms with Crippen LogP contribution in [0.25, 0.3) is 0 Å². The summed E-state index contributed by atoms with van der Waals surface area (Å²) in [7, 11) is 0. The van der Waals surface area contributed by atoms with Gasteiger partial charge < -0.3 is 16.5 Å². The molecule has 18 heavy (non-hydrogen) atoms. The minimum atomic E-state index is 0.383. The fourth-order valence-corrected chi connectivity index (χ4v) is 1.57. The van der Waals surface area contributed by atoms with E-state index in [2.05, 4.69) is 20.7 Å². The summed E-state index contributed by atoms with van der Waals surface area (Å²) in [6.07, 6.45) is 1.38. The van der Waals surface area contributed by atoms with E-state index in [1.807, 2.05) is 24.3 Å². The molecule has 0 amide bonds. The molecule has 1 aromatic heterocycles. The predicted octanol–water partition coefficient (Wildman–Crippen LogP) is 1.61. The normalized spacial score (nSPS) is 10.1. The molecule has 0 aliphatic heterocycles. The Balaban J connectivity index is 2.08. The number of nitrogen functional groups attached to an aromatic ring is 2. The summed E-state index contributed by atoms with van der Waals surface area (Å²) >= 11 is 5.81. The Labute approximate surface area is 109 Å². The van der Waals surface area contributed by atoms with Gasteiger partial charge in [-0.2, -0.15) is 0 Å². The molecule has 0 saturated carbocycles. The van der Waals surface area contributed by atoms with Crippen LogP contribution in [-0.2, 0) is 6.54 Å². The van der Waals surface area contributed by atoms with Gasteiger partial charge in [-0.25, -0.2) is 15.8 Å². The van der Waals surface area contributed by atoms with Crippen molar-refractivity contribution < 1.29 is 0 Å². The summed E-state index contributed by atoms with van der Waals surface area (Å²) in [4.78, 5) is 7.95. The number of hydrogen-bond acceptors (Lipinski definition) is 6. The third-order valence-electron chi connectivity index (χ3n) is 2.39. The topological polar surface area (TPSA) is 102 Å². The van der Waals surface area contributed by atoms with E-state index in [0.717, 1.165) is 5.56 Å². The fraction of sp³-hybridized carbons (Fsp3) is 0.0909. The fourth-order valence-electron chi connectivity index (χ4n) is 1.44. The van der Waals surface area contributed by atoms with E-state index in [1.54, 1.807) is 0 Å². The van der Waals surface area contributed by atoms with Crippen LogP contribution in [0.3, 0.4) is 0 Å². The summed E-state index contributed by atoms with van der Waals surface area (Å²) < 4.78 is 0. The Hall–Kier alpha value is -2.05. The van der Waals surface area contributed by atoms with E-state index in [1.165, 1.54) is 6.33 Å². The van der Waals surface area contributed by atoms with E-state index < -0.39 is 0 Å². The van der Waals surface area contributed by atoms with Crippen molar-refractivity contribution in [2.75, 3.05) is 16.5 Å². The van der Waals surface area contributed by atoms with Crippen LogP contribution in [0, 0.1) is 0 Å². The molecular formula is C11H13ClN6. The van der Waals surface area contributed by atoms with Crippen LogP contribution >= 0.6 is 11.6 Å². The van der Waals surface area contributed by atoms with Gasteiger partial charge >= 0.3 is 0 Å². The monoisotopic (exact) mass is 264 g/mol. The predicted molar refractivity (Wildman–Crippen MR) is 73.0 cm³/mol. The minimum Gasteiger partial charge on any atom is -0.393 e. The number of nitrogens with one attached hydrogen (secondary N) is 2. The highest BCUT2D eigenvalue weighted by atomic mass is 35.5. The Morgan fingerprint density at radius 1 is 1.11 bits per heavy atom. The van der Waals surface area contributed by atoms with Crippen molar-refractivity contribution in [2.24, 2.45) is 5.84 Å². The van der Waals surface area contributed by atoms with Crippen molar-refractivity contribution in [3.63, 3.8) is 0 Å². The molecule has 0 unspecified atom stereocenters. The number of hydrogen-bond donors (Lipinski definition) is 4. The van der Waals surface area contributed by atoms with Gasteiger partial charge in [0.2, 0.25) is 0 Å². The average molecular weight is 265 g/mol. The molecule has 6 nitrogen and oxygen atoms in total. The number of nitrogens with two attached hydrogens (primary N) is 2. The summed E-state index contributed by atoms with van der Waals surface area (Å²) in [5, 5.41) is 3.81. The second-order valence-corrected chi connectivity index (χ2v) is 4.05. The van der Waals surface area contributed by atoms with Crippen molar-refractivity contribution in [1.29, 1.82) is 0 Å². The zero-order valence-electron chi connectivity index (χ0n) is 9.52. The maximum atomic E-state index is 5.83. The molecule has 0 aliphatic rings. The van der Waals surface area contributed by atoms with Gasteiger partial charge in [0.05, 0.1) is 0 Å². The molecule has 2 rings (SSSR count). The molecule has 0 radical (unpaired) electrons. The highest BCUT2D eigenvalue weighted by Gasteiger charge is 2.06. The molecular weight excluding hydrogens is 252 g/mol. The molecule has 0 aliphatic carbocycles. The Bertz CT molecular complexity index is 528. The van der Waals surface area contributed by atoms with E-state index in [4.69, 9.17) is 23.2 Å². The van der Waals surface area contributed by atoms with Gasteiger partial charge in [0, 0.05) is 11.6 Å². The van der Waals surface area contributed by atoms with Crippen molar-refractivity contribution >= 4 is 28.9 Å². The van der Waals surface area contributed by atoms with Crippen molar-refractivity contribution in [3.05, 3.63) is 41.2 Å². The van der Waals surface area contributed by atoms with Gasteiger partial charge in [-0.3, -0.25) is 0 Å². The second-order valence-electron chi connectivity index (χ2n) is 3.61. The third-order valence-corrected chi connectivity index (χ3v) is 2.65. The van der Waals surface area contributed by atoms with Crippen molar-refractivity contribution in [2.45, 2.75) is 6.54 Å². The van der Waals surface area contributed by atoms with Crippen LogP contribution in [0.15, 0.2) is 30.6 Å². The molecule has 6 N–H and O–H groups in total. The minimum absolute atomic E-state index is 0.383. The largest absolute Gasteiger partial charge is 0.393 e. The van der Waals surface area contributed by atoms with Crippen LogP contribution in [0.5, 0.6) is 0 Å². The first-order valence-electron chi connectivity index (χ1n) is 5.26. The summed E-state index contributed by atoms with van der Waals surface area (Å²) in [6.45, 7) is 0.586. The first kappa shape index (κ1) is 12.4. The van der Waals surface area contributed by atoms with Gasteiger partial charge in [0.1, 0.15) is 12.0 Å². The first-order valence-corrected chi connectivity index (χ1v) is 5.64. The van der Waals surface area contributed by atoms with Gasteiger partial charge in [0.15, 0.2) is 11.6 Å². The number of halogens is 1. The second kappa shape index (κ2) is 5.52. The average Bonchev–Trinajstić information content (AvgIpc) is 2.39. The lowest BCUT2D eigenvalue weighted by atomic mass is 10.2. The van der Waals surface area contributed by atoms with Crippen LogP contribution in [0.1, 0.15) is 5.56 Å². The van der Waals surface area contributed by atoms with Gasteiger partial charge in [-0.15, -0.1) is 0 Å². The molecule has 94 valence electrons. The van der Waals surface area contributed by atoms with Gasteiger partial charge in [-0.05, 0) is 17.7 Å². The number of benzene rings is 1. The van der Waals surface area contributed by atoms with Crippen LogP contribution in [-0.4, -0.2) is 9.97 Å². The maximum Gasteiger partial charge on any atom is 0.168 e. The highest BCUT2D eigenvalue weighted by Crippen LogP contribution is 2.21. The lowest BCUT2D eigenvalue weighted by molar-refractivity contribution is 1.08. The van der Waals surface area contributed by atoms with Gasteiger partial charge in [0.25, 0.3) is 0 Å². The van der Waals surface area contributed by atoms with Crippen molar-refractivity contribution in [3.8, 4) is 0 Å². The highest BCUT2D eigenvalue weighted by molar-refractivity contribution is 6.30. The molecule has 2 aromatic rings. The molecule has 0 bridgehead atoms. The smallest absolute Gasteiger partial charge is 0.168 e. The lowest BCUT2D eigenvalue weighted by Crippen LogP contribution is -2.13. The van der Waals surface area contributed by atoms with Gasteiger partial charge in [-0.1, -0.05) is 23.7 Å². The quantitative estimate of drug-likeness (QED) is 0.494. The number of aromatic nitrogens is 2. The number of rotatable bonds is 4. The standard InChI is InChI=1S/C11H13ClN6/c12-8-3-1-7(2-4-8)5-15-10-9(13)11(18-14)17-6-16-10/h1-4,6H,5,13-14H2,(H2,15,16,17,18). The zero-order valence-corrected chi connectivity index (χ0v) is 10.3. The Morgan fingerprint density at radius 3 is 2.44 bits per heavy atom. The molecule has 0 spiro atoms. The molecule has 0 fully saturated rings. The third kappa shape index (κ3) is 2.79. The number of anilines is 3. The Morgan fingerprint density at radius 2 is 1.78 bits per heavy atom. The van der Waals surface area contributed by atoms with Crippen LogP contribution < -0.4 is 22.3 Å². The van der Waals surface area contributed by atoms with E-state index >= 15 is 0 Å². The lowest BCUT2D eigenvalue weighted by Gasteiger charge is -2.10. The SMILES string of the molecule is NNc1ncnc(NCc2ccc(Cl)cc2)c1N. The Kier molecular flexibility index (Phi) is 3.81. The number of nitrogens with zero attached hydrogens (tertiary/aromatic N) is 2. The zero-order chi connectivity index (χ0) is 13.0. The molecule has 0 atom stereocenters. The van der Waals surface area contributed by atoms with E-state index in [0.29, 0.717) is 28.9 Å².